The minimum atomic E-state index is -0.133. The van der Waals surface area contributed by atoms with Crippen molar-refractivity contribution in [1.82, 2.24) is 29.8 Å². The van der Waals surface area contributed by atoms with Crippen LogP contribution in [0.3, 0.4) is 0 Å². The largest absolute Gasteiger partial charge is 0.334 e. The van der Waals surface area contributed by atoms with Crippen molar-refractivity contribution < 1.29 is 4.79 Å². The van der Waals surface area contributed by atoms with Gasteiger partial charge in [-0.15, -0.1) is 5.10 Å². The number of fused-ring (bicyclic) bond motifs is 1. The van der Waals surface area contributed by atoms with Crippen LogP contribution in [0.1, 0.15) is 23.5 Å². The SMILES string of the molecule is CNC1CCCN(C(=O)c2nc3ncc(Br)cn3n2)C1. The summed E-state index contributed by atoms with van der Waals surface area (Å²) in [5.41, 5.74) is 0. The summed E-state index contributed by atoms with van der Waals surface area (Å²) in [4.78, 5) is 22.5. The van der Waals surface area contributed by atoms with E-state index >= 15 is 0 Å². The maximum atomic E-state index is 12.4. The molecule has 1 fully saturated rings. The molecule has 3 rings (SSSR count). The highest BCUT2D eigenvalue weighted by Crippen LogP contribution is 2.13. The van der Waals surface area contributed by atoms with Crippen LogP contribution in [0.2, 0.25) is 0 Å². The Labute approximate surface area is 124 Å². The minimum Gasteiger partial charge on any atom is -0.334 e. The zero-order chi connectivity index (χ0) is 14.1. The topological polar surface area (TPSA) is 75.4 Å². The average Bonchev–Trinajstić information content (AvgIpc) is 2.89. The number of piperidine rings is 1. The van der Waals surface area contributed by atoms with Gasteiger partial charge in [0.1, 0.15) is 0 Å². The number of hydrogen-bond donors (Lipinski definition) is 1. The van der Waals surface area contributed by atoms with Gasteiger partial charge in [0, 0.05) is 31.5 Å². The van der Waals surface area contributed by atoms with Gasteiger partial charge in [0.25, 0.3) is 11.7 Å². The van der Waals surface area contributed by atoms with Crippen molar-refractivity contribution in [2.45, 2.75) is 18.9 Å². The lowest BCUT2D eigenvalue weighted by atomic mass is 10.1. The van der Waals surface area contributed by atoms with E-state index < -0.39 is 0 Å². The number of hydrogen-bond acceptors (Lipinski definition) is 5. The van der Waals surface area contributed by atoms with E-state index in [-0.39, 0.29) is 11.7 Å². The molecule has 0 saturated carbocycles. The monoisotopic (exact) mass is 338 g/mol. The molecule has 0 spiro atoms. The van der Waals surface area contributed by atoms with Crippen LogP contribution in [-0.4, -0.2) is 56.6 Å². The highest BCUT2D eigenvalue weighted by Gasteiger charge is 2.26. The van der Waals surface area contributed by atoms with Crippen LogP contribution in [-0.2, 0) is 0 Å². The fourth-order valence-corrected chi connectivity index (χ4v) is 2.68. The van der Waals surface area contributed by atoms with Gasteiger partial charge in [0.2, 0.25) is 5.82 Å². The van der Waals surface area contributed by atoms with E-state index in [1.807, 2.05) is 7.05 Å². The van der Waals surface area contributed by atoms with Crippen molar-refractivity contribution in [2.75, 3.05) is 20.1 Å². The molecule has 2 aromatic rings. The molecule has 1 aliphatic rings. The smallest absolute Gasteiger partial charge is 0.293 e. The summed E-state index contributed by atoms with van der Waals surface area (Å²) in [5, 5.41) is 7.42. The highest BCUT2D eigenvalue weighted by atomic mass is 79.9. The Hall–Kier alpha value is -1.54. The molecule has 106 valence electrons. The van der Waals surface area contributed by atoms with Gasteiger partial charge in [-0.3, -0.25) is 4.79 Å². The molecule has 20 heavy (non-hydrogen) atoms. The lowest BCUT2D eigenvalue weighted by Crippen LogP contribution is -2.47. The number of halogens is 1. The number of nitrogens with zero attached hydrogens (tertiary/aromatic N) is 5. The fourth-order valence-electron chi connectivity index (χ4n) is 2.39. The van der Waals surface area contributed by atoms with E-state index in [9.17, 15) is 4.79 Å². The molecule has 3 heterocycles. The molecule has 0 bridgehead atoms. The first-order valence-corrected chi connectivity index (χ1v) is 7.31. The van der Waals surface area contributed by atoms with Gasteiger partial charge in [-0.25, -0.2) is 9.50 Å². The van der Waals surface area contributed by atoms with E-state index in [0.717, 1.165) is 23.9 Å². The summed E-state index contributed by atoms with van der Waals surface area (Å²) >= 11 is 3.32. The first kappa shape index (κ1) is 13.4. The second-order valence-electron chi connectivity index (χ2n) is 4.83. The molecule has 0 radical (unpaired) electrons. The van der Waals surface area contributed by atoms with Crippen LogP contribution in [0.4, 0.5) is 0 Å². The summed E-state index contributed by atoms with van der Waals surface area (Å²) < 4.78 is 2.30. The normalized spacial score (nSPS) is 19.5. The Balaban J connectivity index is 1.84. The Morgan fingerprint density at radius 2 is 2.40 bits per heavy atom. The highest BCUT2D eigenvalue weighted by molar-refractivity contribution is 9.10. The summed E-state index contributed by atoms with van der Waals surface area (Å²) in [6.07, 6.45) is 5.46. The molecule has 1 atom stereocenters. The lowest BCUT2D eigenvalue weighted by Gasteiger charge is -2.31. The number of aromatic nitrogens is 4. The van der Waals surface area contributed by atoms with E-state index in [2.05, 4.69) is 36.3 Å². The number of carbonyl (C=O) groups is 1. The second kappa shape index (κ2) is 5.45. The first-order valence-electron chi connectivity index (χ1n) is 6.52. The van der Waals surface area contributed by atoms with Crippen molar-refractivity contribution in [3.8, 4) is 0 Å². The summed E-state index contributed by atoms with van der Waals surface area (Å²) in [6.45, 7) is 1.45. The van der Waals surface area contributed by atoms with Crippen molar-refractivity contribution in [1.29, 1.82) is 0 Å². The predicted molar refractivity (Wildman–Crippen MR) is 76.5 cm³/mol. The zero-order valence-electron chi connectivity index (χ0n) is 11.1. The van der Waals surface area contributed by atoms with Crippen LogP contribution in [0.5, 0.6) is 0 Å². The van der Waals surface area contributed by atoms with Gasteiger partial charge < -0.3 is 10.2 Å². The van der Waals surface area contributed by atoms with Crippen LogP contribution in [0, 0.1) is 0 Å². The zero-order valence-corrected chi connectivity index (χ0v) is 12.7. The number of rotatable bonds is 2. The van der Waals surface area contributed by atoms with Crippen molar-refractivity contribution in [3.63, 3.8) is 0 Å². The minimum absolute atomic E-state index is 0.133. The van der Waals surface area contributed by atoms with Gasteiger partial charge in [-0.1, -0.05) is 0 Å². The standard InChI is InChI=1S/C12H15BrN6O/c1-14-9-3-2-4-18(7-9)11(20)10-16-12-15-5-8(13)6-19(12)17-10/h5-6,9,14H,2-4,7H2,1H3. The van der Waals surface area contributed by atoms with E-state index in [1.165, 1.54) is 4.52 Å². The Bertz CT molecular complexity index is 642. The van der Waals surface area contributed by atoms with Gasteiger partial charge in [0.15, 0.2) is 0 Å². The number of likely N-dealkylation sites (tertiary alicyclic amines) is 1. The van der Waals surface area contributed by atoms with Gasteiger partial charge in [-0.2, -0.15) is 4.98 Å². The number of likely N-dealkylation sites (N-methyl/N-ethyl adjacent to an activating group) is 1. The number of nitrogens with one attached hydrogen (secondary N) is 1. The molecule has 1 N–H and O–H groups in total. The molecule has 0 aromatic carbocycles. The van der Waals surface area contributed by atoms with Crippen LogP contribution < -0.4 is 5.32 Å². The molecule has 7 nitrogen and oxygen atoms in total. The van der Waals surface area contributed by atoms with E-state index in [1.54, 1.807) is 17.3 Å². The average molecular weight is 339 g/mol. The predicted octanol–water partition coefficient (Wildman–Crippen LogP) is 0.711. The molecule has 0 aliphatic carbocycles. The van der Waals surface area contributed by atoms with Crippen molar-refractivity contribution in [3.05, 3.63) is 22.7 Å². The number of carbonyl (C=O) groups excluding carboxylic acids is 1. The molecule has 1 unspecified atom stereocenters. The summed E-state index contributed by atoms with van der Waals surface area (Å²) in [5.74, 6) is 0.498. The molecule has 1 aliphatic heterocycles. The third-order valence-corrected chi connectivity index (χ3v) is 3.88. The third-order valence-electron chi connectivity index (χ3n) is 3.47. The van der Waals surface area contributed by atoms with Gasteiger partial charge in [-0.05, 0) is 35.8 Å². The van der Waals surface area contributed by atoms with Gasteiger partial charge >= 0.3 is 0 Å². The molecule has 1 amide bonds. The molecule has 8 heteroatoms. The quantitative estimate of drug-likeness (QED) is 0.872. The fraction of sp³-hybridized carbons (Fsp3) is 0.500. The Morgan fingerprint density at radius 1 is 1.55 bits per heavy atom. The summed E-state index contributed by atoms with van der Waals surface area (Å²) in [7, 11) is 1.92. The van der Waals surface area contributed by atoms with Crippen LogP contribution >= 0.6 is 15.9 Å². The first-order chi connectivity index (χ1) is 9.67. The maximum absolute atomic E-state index is 12.4. The summed E-state index contributed by atoms with van der Waals surface area (Å²) in [6, 6.07) is 0.344. The molecular formula is C12H15BrN6O. The van der Waals surface area contributed by atoms with E-state index in [4.69, 9.17) is 0 Å². The second-order valence-corrected chi connectivity index (χ2v) is 5.75. The molecule has 2 aromatic heterocycles. The molecule has 1 saturated heterocycles. The Morgan fingerprint density at radius 3 is 3.20 bits per heavy atom. The van der Waals surface area contributed by atoms with E-state index in [0.29, 0.717) is 18.4 Å². The lowest BCUT2D eigenvalue weighted by molar-refractivity contribution is 0.0686. The number of amides is 1. The van der Waals surface area contributed by atoms with Crippen molar-refractivity contribution in [2.24, 2.45) is 0 Å². The van der Waals surface area contributed by atoms with Crippen LogP contribution in [0.15, 0.2) is 16.9 Å². The Kier molecular flexibility index (Phi) is 3.66. The van der Waals surface area contributed by atoms with Gasteiger partial charge in [0.05, 0.1) is 4.47 Å². The molecular weight excluding hydrogens is 324 g/mol. The van der Waals surface area contributed by atoms with Crippen LogP contribution in [0.25, 0.3) is 5.78 Å². The third kappa shape index (κ3) is 2.53. The van der Waals surface area contributed by atoms with Crippen molar-refractivity contribution >= 4 is 27.6 Å². The maximum Gasteiger partial charge on any atom is 0.293 e.